The number of rotatable bonds is 5. The summed E-state index contributed by atoms with van der Waals surface area (Å²) < 4.78 is 18.3. The second-order valence-electron chi connectivity index (χ2n) is 7.14. The first-order valence-electron chi connectivity index (χ1n) is 9.54. The van der Waals surface area contributed by atoms with Gasteiger partial charge in [-0.1, -0.05) is 18.2 Å². The van der Waals surface area contributed by atoms with Gasteiger partial charge in [-0.25, -0.2) is 4.68 Å². The number of para-hydroxylation sites is 1. The van der Waals surface area contributed by atoms with Crippen LogP contribution in [0.25, 0.3) is 5.69 Å². The minimum Gasteiger partial charge on any atom is -0.493 e. The third kappa shape index (κ3) is 3.24. The molecule has 6 nitrogen and oxygen atoms in total. The SMILES string of the molecule is COc1cc(C2CC(=O)c3c(C)nn(-c4ccccc4)c3C2)cc(OC)c1OC. The Bertz CT molecular complexity index is 1030. The summed E-state index contributed by atoms with van der Waals surface area (Å²) in [6, 6.07) is 13.8. The molecule has 4 rings (SSSR count). The third-order valence-electron chi connectivity index (χ3n) is 5.47. The summed E-state index contributed by atoms with van der Waals surface area (Å²) in [5.41, 5.74) is 4.41. The average molecular weight is 392 g/mol. The van der Waals surface area contributed by atoms with E-state index in [9.17, 15) is 4.79 Å². The highest BCUT2D eigenvalue weighted by atomic mass is 16.5. The molecule has 0 aliphatic heterocycles. The van der Waals surface area contributed by atoms with Crippen LogP contribution in [0.15, 0.2) is 42.5 Å². The lowest BCUT2D eigenvalue weighted by Gasteiger charge is -2.24. The van der Waals surface area contributed by atoms with Crippen molar-refractivity contribution in [1.82, 2.24) is 9.78 Å². The summed E-state index contributed by atoms with van der Waals surface area (Å²) in [4.78, 5) is 13.0. The molecule has 0 fully saturated rings. The molecule has 1 heterocycles. The summed E-state index contributed by atoms with van der Waals surface area (Å²) in [6.45, 7) is 1.90. The van der Waals surface area contributed by atoms with Crippen LogP contribution in [-0.4, -0.2) is 36.9 Å². The number of fused-ring (bicyclic) bond motifs is 1. The molecule has 1 aliphatic rings. The smallest absolute Gasteiger partial charge is 0.203 e. The molecule has 1 unspecified atom stereocenters. The van der Waals surface area contributed by atoms with Crippen molar-refractivity contribution in [2.45, 2.75) is 25.7 Å². The molecule has 0 spiro atoms. The maximum absolute atomic E-state index is 13.0. The fourth-order valence-corrected chi connectivity index (χ4v) is 4.11. The van der Waals surface area contributed by atoms with E-state index in [1.54, 1.807) is 21.3 Å². The number of ketones is 1. The molecule has 1 aliphatic carbocycles. The number of hydrogen-bond acceptors (Lipinski definition) is 5. The molecule has 0 N–H and O–H groups in total. The Balaban J connectivity index is 1.79. The van der Waals surface area contributed by atoms with Crippen LogP contribution in [0.1, 0.15) is 39.6 Å². The summed E-state index contributed by atoms with van der Waals surface area (Å²) >= 11 is 0. The highest BCUT2D eigenvalue weighted by molar-refractivity contribution is 6.00. The summed E-state index contributed by atoms with van der Waals surface area (Å²) in [5, 5.41) is 4.66. The van der Waals surface area contributed by atoms with Crippen LogP contribution < -0.4 is 14.2 Å². The Morgan fingerprint density at radius 2 is 1.62 bits per heavy atom. The van der Waals surface area contributed by atoms with Gasteiger partial charge in [0.2, 0.25) is 5.75 Å². The highest BCUT2D eigenvalue weighted by Crippen LogP contribution is 2.43. The van der Waals surface area contributed by atoms with Crippen LogP contribution in [-0.2, 0) is 6.42 Å². The van der Waals surface area contributed by atoms with Gasteiger partial charge >= 0.3 is 0 Å². The van der Waals surface area contributed by atoms with Gasteiger partial charge in [0.1, 0.15) is 0 Å². The molecule has 2 aromatic carbocycles. The minimum atomic E-state index is 0.00210. The summed E-state index contributed by atoms with van der Waals surface area (Å²) in [5.74, 6) is 1.85. The molecule has 0 saturated carbocycles. The van der Waals surface area contributed by atoms with Gasteiger partial charge in [0.25, 0.3) is 0 Å². The van der Waals surface area contributed by atoms with Crippen LogP contribution in [0.3, 0.4) is 0 Å². The Kier molecular flexibility index (Phi) is 5.01. The van der Waals surface area contributed by atoms with E-state index in [2.05, 4.69) is 5.10 Å². The lowest BCUT2D eigenvalue weighted by molar-refractivity contribution is 0.0963. The van der Waals surface area contributed by atoms with Crippen molar-refractivity contribution in [3.63, 3.8) is 0 Å². The number of carbonyl (C=O) groups excluding carboxylic acids is 1. The Morgan fingerprint density at radius 1 is 0.966 bits per heavy atom. The number of aryl methyl sites for hydroxylation is 1. The van der Waals surface area contributed by atoms with E-state index in [1.165, 1.54) is 0 Å². The van der Waals surface area contributed by atoms with Crippen LogP contribution >= 0.6 is 0 Å². The van der Waals surface area contributed by atoms with E-state index in [4.69, 9.17) is 14.2 Å². The number of hydrogen-bond donors (Lipinski definition) is 0. The lowest BCUT2D eigenvalue weighted by Crippen LogP contribution is -2.20. The fourth-order valence-electron chi connectivity index (χ4n) is 4.11. The van der Waals surface area contributed by atoms with Crippen molar-refractivity contribution in [3.05, 3.63) is 65.0 Å². The van der Waals surface area contributed by atoms with Gasteiger partial charge in [-0.05, 0) is 49.1 Å². The van der Waals surface area contributed by atoms with Crippen molar-refractivity contribution in [1.29, 1.82) is 0 Å². The first kappa shape index (κ1) is 19.1. The van der Waals surface area contributed by atoms with Gasteiger partial charge < -0.3 is 14.2 Å². The maximum atomic E-state index is 13.0. The Morgan fingerprint density at radius 3 is 2.21 bits per heavy atom. The van der Waals surface area contributed by atoms with E-state index in [-0.39, 0.29) is 11.7 Å². The molecule has 1 atom stereocenters. The molecular formula is C23H24N2O4. The van der Waals surface area contributed by atoms with E-state index in [0.717, 1.165) is 28.2 Å². The van der Waals surface area contributed by atoms with Gasteiger partial charge in [-0.2, -0.15) is 5.10 Å². The molecule has 6 heteroatoms. The monoisotopic (exact) mass is 392 g/mol. The second kappa shape index (κ2) is 7.62. The zero-order chi connectivity index (χ0) is 20.5. The van der Waals surface area contributed by atoms with Crippen molar-refractivity contribution in [2.24, 2.45) is 0 Å². The van der Waals surface area contributed by atoms with Crippen LogP contribution in [0.5, 0.6) is 17.2 Å². The quantitative estimate of drug-likeness (QED) is 0.654. The van der Waals surface area contributed by atoms with E-state index in [0.29, 0.717) is 30.1 Å². The summed E-state index contributed by atoms with van der Waals surface area (Å²) in [7, 11) is 4.77. The van der Waals surface area contributed by atoms with Gasteiger partial charge in [-0.3, -0.25) is 4.79 Å². The van der Waals surface area contributed by atoms with Gasteiger partial charge in [0.05, 0.1) is 44.0 Å². The first-order chi connectivity index (χ1) is 14.1. The molecule has 3 aromatic rings. The maximum Gasteiger partial charge on any atom is 0.203 e. The molecule has 1 aromatic heterocycles. The van der Waals surface area contributed by atoms with Crippen LogP contribution in [0.4, 0.5) is 0 Å². The van der Waals surface area contributed by atoms with Crippen LogP contribution in [0.2, 0.25) is 0 Å². The normalized spacial score (nSPS) is 15.7. The topological polar surface area (TPSA) is 62.6 Å². The number of methoxy groups -OCH3 is 3. The number of nitrogens with zero attached hydrogens (tertiary/aromatic N) is 2. The zero-order valence-corrected chi connectivity index (χ0v) is 17.1. The average Bonchev–Trinajstić information content (AvgIpc) is 3.10. The second-order valence-corrected chi connectivity index (χ2v) is 7.14. The Hall–Kier alpha value is -3.28. The fraction of sp³-hybridized carbons (Fsp3) is 0.304. The van der Waals surface area contributed by atoms with Crippen molar-refractivity contribution in [3.8, 4) is 22.9 Å². The highest BCUT2D eigenvalue weighted by Gasteiger charge is 2.33. The van der Waals surface area contributed by atoms with E-state index >= 15 is 0 Å². The molecular weight excluding hydrogens is 368 g/mol. The number of ether oxygens (including phenoxy) is 3. The van der Waals surface area contributed by atoms with Gasteiger partial charge in [0, 0.05) is 6.42 Å². The standard InChI is InChI=1S/C23H24N2O4/c1-14-22-18(25(24-14)17-8-6-5-7-9-17)10-15(11-19(22)26)16-12-20(27-2)23(29-4)21(13-16)28-3/h5-9,12-13,15H,10-11H2,1-4H3. The van der Waals surface area contributed by atoms with E-state index in [1.807, 2.05) is 54.1 Å². The summed E-state index contributed by atoms with van der Waals surface area (Å²) in [6.07, 6.45) is 1.13. The van der Waals surface area contributed by atoms with E-state index < -0.39 is 0 Å². The predicted octanol–water partition coefficient (Wildman–Crippen LogP) is 4.12. The third-order valence-corrected chi connectivity index (χ3v) is 5.47. The Labute approximate surface area is 170 Å². The first-order valence-corrected chi connectivity index (χ1v) is 9.54. The number of aromatic nitrogens is 2. The minimum absolute atomic E-state index is 0.00210. The number of carbonyl (C=O) groups is 1. The van der Waals surface area contributed by atoms with Crippen molar-refractivity contribution in [2.75, 3.05) is 21.3 Å². The van der Waals surface area contributed by atoms with Gasteiger partial charge in [-0.15, -0.1) is 0 Å². The molecule has 0 saturated heterocycles. The largest absolute Gasteiger partial charge is 0.493 e. The number of Topliss-reactive ketones (excluding diaryl/α,β-unsaturated/α-hetero) is 1. The molecule has 29 heavy (non-hydrogen) atoms. The van der Waals surface area contributed by atoms with Gasteiger partial charge in [0.15, 0.2) is 17.3 Å². The molecule has 0 radical (unpaired) electrons. The van der Waals surface area contributed by atoms with Crippen molar-refractivity contribution < 1.29 is 19.0 Å². The molecule has 150 valence electrons. The lowest BCUT2D eigenvalue weighted by atomic mass is 9.81. The molecule has 0 amide bonds. The van der Waals surface area contributed by atoms with Crippen LogP contribution in [0, 0.1) is 6.92 Å². The zero-order valence-electron chi connectivity index (χ0n) is 17.1. The predicted molar refractivity (Wildman–Crippen MR) is 110 cm³/mol. The van der Waals surface area contributed by atoms with Crippen molar-refractivity contribution >= 4 is 5.78 Å². The molecule has 0 bridgehead atoms. The number of benzene rings is 2.